The first kappa shape index (κ1) is 14.4. The second kappa shape index (κ2) is 5.02. The molecule has 0 unspecified atom stereocenters. The first-order chi connectivity index (χ1) is 9.82. The van der Waals surface area contributed by atoms with E-state index in [9.17, 15) is 4.79 Å². The third-order valence-corrected chi connectivity index (χ3v) is 3.87. The summed E-state index contributed by atoms with van der Waals surface area (Å²) in [5.74, 6) is 0. The van der Waals surface area contributed by atoms with Crippen molar-refractivity contribution in [2.24, 2.45) is 0 Å². The topological polar surface area (TPSA) is 47.4 Å². The summed E-state index contributed by atoms with van der Waals surface area (Å²) < 4.78 is 8.31. The zero-order valence-corrected chi connectivity index (χ0v) is 13.9. The molecule has 3 rings (SSSR count). The van der Waals surface area contributed by atoms with Gasteiger partial charge < -0.3 is 9.64 Å². The van der Waals surface area contributed by atoms with E-state index in [0.717, 1.165) is 15.4 Å². The van der Waals surface area contributed by atoms with Crippen LogP contribution in [0.4, 0.5) is 4.79 Å². The van der Waals surface area contributed by atoms with Crippen molar-refractivity contribution in [2.75, 3.05) is 13.1 Å². The number of hydrogen-bond acceptors (Lipinski definition) is 3. The van der Waals surface area contributed by atoms with Crippen LogP contribution in [-0.2, 0) is 4.74 Å². The molecule has 1 aliphatic heterocycles. The lowest BCUT2D eigenvalue weighted by molar-refractivity contribution is -0.000292. The molecule has 0 spiro atoms. The summed E-state index contributed by atoms with van der Waals surface area (Å²) >= 11 is 3.45. The zero-order chi connectivity index (χ0) is 15.2. The zero-order valence-electron chi connectivity index (χ0n) is 12.3. The molecule has 0 aliphatic carbocycles. The first-order valence-electron chi connectivity index (χ1n) is 6.94. The fraction of sp³-hybridized carbons (Fsp3) is 0.467. The second-order valence-corrected chi connectivity index (χ2v) is 7.27. The lowest BCUT2D eigenvalue weighted by Gasteiger charge is -2.39. The summed E-state index contributed by atoms with van der Waals surface area (Å²) in [7, 11) is 0. The number of benzene rings is 1. The number of carbonyl (C=O) groups excluding carboxylic acids is 1. The van der Waals surface area contributed by atoms with Crippen LogP contribution in [0.25, 0.3) is 10.9 Å². The van der Waals surface area contributed by atoms with Gasteiger partial charge in [0, 0.05) is 29.1 Å². The average molecular weight is 352 g/mol. The summed E-state index contributed by atoms with van der Waals surface area (Å²) in [5.41, 5.74) is 0.509. The molecule has 0 atom stereocenters. The van der Waals surface area contributed by atoms with E-state index in [1.54, 1.807) is 4.90 Å². The molecule has 1 aromatic heterocycles. The van der Waals surface area contributed by atoms with Crippen molar-refractivity contribution in [3.63, 3.8) is 0 Å². The molecule has 1 fully saturated rings. The molecule has 2 aromatic rings. The van der Waals surface area contributed by atoms with Crippen LogP contribution in [0.15, 0.2) is 28.9 Å². The third-order valence-electron chi connectivity index (χ3n) is 3.38. The number of hydrogen-bond donors (Lipinski definition) is 0. The number of halogens is 1. The smallest absolute Gasteiger partial charge is 0.410 e. The monoisotopic (exact) mass is 351 g/mol. The van der Waals surface area contributed by atoms with Crippen LogP contribution in [-0.4, -0.2) is 39.5 Å². The van der Waals surface area contributed by atoms with Crippen molar-refractivity contribution in [3.8, 4) is 0 Å². The number of rotatable bonds is 1. The van der Waals surface area contributed by atoms with E-state index in [0.29, 0.717) is 13.1 Å². The van der Waals surface area contributed by atoms with Gasteiger partial charge >= 0.3 is 6.09 Å². The lowest BCUT2D eigenvalue weighted by Crippen LogP contribution is -2.52. The molecule has 21 heavy (non-hydrogen) atoms. The van der Waals surface area contributed by atoms with Crippen molar-refractivity contribution in [3.05, 3.63) is 28.9 Å². The molecule has 0 bridgehead atoms. The quantitative estimate of drug-likeness (QED) is 0.788. The second-order valence-electron chi connectivity index (χ2n) is 6.35. The van der Waals surface area contributed by atoms with E-state index in [1.165, 1.54) is 0 Å². The normalized spacial score (nSPS) is 16.1. The van der Waals surface area contributed by atoms with Gasteiger partial charge in [-0.05, 0) is 32.9 Å². The predicted molar refractivity (Wildman–Crippen MR) is 84.3 cm³/mol. The first-order valence-corrected chi connectivity index (χ1v) is 7.73. The summed E-state index contributed by atoms with van der Waals surface area (Å²) in [4.78, 5) is 13.6. The fourth-order valence-electron chi connectivity index (χ4n) is 2.29. The molecule has 5 nitrogen and oxygen atoms in total. The third kappa shape index (κ3) is 3.05. The Morgan fingerprint density at radius 1 is 1.38 bits per heavy atom. The van der Waals surface area contributed by atoms with E-state index in [1.807, 2.05) is 49.8 Å². The minimum atomic E-state index is -0.450. The van der Waals surface area contributed by atoms with Crippen LogP contribution in [0.3, 0.4) is 0 Å². The molecule has 0 radical (unpaired) electrons. The Morgan fingerprint density at radius 2 is 2.10 bits per heavy atom. The maximum absolute atomic E-state index is 11.9. The van der Waals surface area contributed by atoms with Gasteiger partial charge in [0.1, 0.15) is 5.60 Å². The SMILES string of the molecule is CC(C)(C)OC(=O)N1CC(n2cc3ccc(Br)cc3n2)C1. The van der Waals surface area contributed by atoms with Gasteiger partial charge in [-0.2, -0.15) is 5.10 Å². The van der Waals surface area contributed by atoms with E-state index in [4.69, 9.17) is 4.74 Å². The number of ether oxygens (including phenoxy) is 1. The maximum Gasteiger partial charge on any atom is 0.410 e. The molecule has 1 aromatic carbocycles. The number of aromatic nitrogens is 2. The Bertz CT molecular complexity index is 684. The van der Waals surface area contributed by atoms with Gasteiger partial charge in [0.2, 0.25) is 0 Å². The molecule has 0 N–H and O–H groups in total. The average Bonchev–Trinajstić information content (AvgIpc) is 2.66. The van der Waals surface area contributed by atoms with E-state index >= 15 is 0 Å². The number of fused-ring (bicyclic) bond motifs is 1. The van der Waals surface area contributed by atoms with Crippen LogP contribution in [0.1, 0.15) is 26.8 Å². The Kier molecular flexibility index (Phi) is 3.43. The number of amides is 1. The minimum Gasteiger partial charge on any atom is -0.444 e. The molecular weight excluding hydrogens is 334 g/mol. The van der Waals surface area contributed by atoms with Gasteiger partial charge in [-0.15, -0.1) is 0 Å². The van der Waals surface area contributed by atoms with Crippen LogP contribution in [0, 0.1) is 0 Å². The predicted octanol–water partition coefficient (Wildman–Crippen LogP) is 3.59. The van der Waals surface area contributed by atoms with Crippen LogP contribution in [0.2, 0.25) is 0 Å². The highest BCUT2D eigenvalue weighted by atomic mass is 79.9. The molecule has 1 saturated heterocycles. The highest BCUT2D eigenvalue weighted by Crippen LogP contribution is 2.26. The number of nitrogens with zero attached hydrogens (tertiary/aromatic N) is 3. The van der Waals surface area contributed by atoms with Gasteiger partial charge in [0.25, 0.3) is 0 Å². The van der Waals surface area contributed by atoms with Crippen LogP contribution >= 0.6 is 15.9 Å². The Labute approximate surface area is 132 Å². The van der Waals surface area contributed by atoms with Gasteiger partial charge in [-0.3, -0.25) is 4.68 Å². The highest BCUT2D eigenvalue weighted by molar-refractivity contribution is 9.10. The van der Waals surface area contributed by atoms with Crippen molar-refractivity contribution >= 4 is 32.9 Å². The Hall–Kier alpha value is -1.56. The standard InChI is InChI=1S/C15H18BrN3O2/c1-15(2,3)21-14(20)18-8-12(9-18)19-7-10-4-5-11(16)6-13(10)17-19/h4-7,12H,8-9H2,1-3H3. The summed E-state index contributed by atoms with van der Waals surface area (Å²) in [6.07, 6.45) is 1.77. The van der Waals surface area contributed by atoms with Crippen molar-refractivity contribution in [1.82, 2.24) is 14.7 Å². The van der Waals surface area contributed by atoms with Crippen molar-refractivity contribution < 1.29 is 9.53 Å². The fourth-order valence-corrected chi connectivity index (χ4v) is 2.64. The molecule has 6 heteroatoms. The van der Waals surface area contributed by atoms with Crippen LogP contribution in [0.5, 0.6) is 0 Å². The Morgan fingerprint density at radius 3 is 2.76 bits per heavy atom. The molecule has 2 heterocycles. The van der Waals surface area contributed by atoms with Gasteiger partial charge in [0.15, 0.2) is 0 Å². The summed E-state index contributed by atoms with van der Waals surface area (Å²) in [6, 6.07) is 6.26. The van der Waals surface area contributed by atoms with Gasteiger partial charge in [0.05, 0.1) is 11.6 Å². The molecule has 1 aliphatic rings. The highest BCUT2D eigenvalue weighted by Gasteiger charge is 2.35. The number of carbonyl (C=O) groups is 1. The van der Waals surface area contributed by atoms with Gasteiger partial charge in [-0.1, -0.05) is 22.0 Å². The molecule has 1 amide bonds. The van der Waals surface area contributed by atoms with E-state index in [-0.39, 0.29) is 12.1 Å². The molecular formula is C15H18BrN3O2. The number of likely N-dealkylation sites (tertiary alicyclic amines) is 1. The minimum absolute atomic E-state index is 0.226. The lowest BCUT2D eigenvalue weighted by atomic mass is 10.1. The van der Waals surface area contributed by atoms with E-state index < -0.39 is 5.60 Å². The molecule has 112 valence electrons. The van der Waals surface area contributed by atoms with Crippen LogP contribution < -0.4 is 0 Å². The van der Waals surface area contributed by atoms with Gasteiger partial charge in [-0.25, -0.2) is 4.79 Å². The Balaban J connectivity index is 1.66. The van der Waals surface area contributed by atoms with Crippen molar-refractivity contribution in [2.45, 2.75) is 32.4 Å². The summed E-state index contributed by atoms with van der Waals surface area (Å²) in [5, 5.41) is 5.68. The van der Waals surface area contributed by atoms with E-state index in [2.05, 4.69) is 21.0 Å². The maximum atomic E-state index is 11.9. The largest absolute Gasteiger partial charge is 0.444 e. The van der Waals surface area contributed by atoms with Crippen molar-refractivity contribution in [1.29, 1.82) is 0 Å². The summed E-state index contributed by atoms with van der Waals surface area (Å²) in [6.45, 7) is 6.91. The molecule has 0 saturated carbocycles.